The van der Waals surface area contributed by atoms with E-state index >= 15 is 0 Å². The van der Waals surface area contributed by atoms with Crippen molar-refractivity contribution in [2.75, 3.05) is 0 Å². The number of rotatable bonds is 44. The summed E-state index contributed by atoms with van der Waals surface area (Å²) in [6, 6.07) is 0. The van der Waals surface area contributed by atoms with Crippen LogP contribution in [-0.4, -0.2) is 11.9 Å². The lowest BCUT2D eigenvalue weighted by Gasteiger charge is -2.44. The molecule has 0 amide bonds. The van der Waals surface area contributed by atoms with Crippen molar-refractivity contribution in [3.05, 3.63) is 85.3 Å². The van der Waals surface area contributed by atoms with Gasteiger partial charge in [-0.25, -0.2) is 0 Å². The number of hydrogen-bond donors (Lipinski definition) is 0. The fourth-order valence-corrected chi connectivity index (χ4v) is 18.7. The van der Waals surface area contributed by atoms with Crippen LogP contribution in [0.4, 0.5) is 0 Å². The third-order valence-electron chi connectivity index (χ3n) is 25.3. The van der Waals surface area contributed by atoms with Crippen LogP contribution in [0.1, 0.15) is 346 Å². The first-order valence-corrected chi connectivity index (χ1v) is 39.3. The van der Waals surface area contributed by atoms with Gasteiger partial charge in [-0.3, -0.25) is 4.79 Å². The molecule has 5 rings (SSSR count). The van der Waals surface area contributed by atoms with Crippen molar-refractivity contribution >= 4 is 5.78 Å². The Hall–Kier alpha value is -2.35. The molecule has 0 heterocycles. The molecule has 0 bridgehead atoms. The summed E-state index contributed by atoms with van der Waals surface area (Å²) in [5.41, 5.74) is 7.66. The van der Waals surface area contributed by atoms with Gasteiger partial charge < -0.3 is 4.74 Å². The quantitative estimate of drug-likeness (QED) is 0.0449. The molecule has 12 atom stereocenters. The second-order valence-corrected chi connectivity index (χ2v) is 34.5. The zero-order chi connectivity index (χ0) is 65.2. The molecule has 89 heavy (non-hydrogen) atoms. The molecule has 2 heteroatoms. The van der Waals surface area contributed by atoms with Gasteiger partial charge in [0.15, 0.2) is 0 Å². The lowest BCUT2D eigenvalue weighted by molar-refractivity contribution is -0.123. The zero-order valence-corrected chi connectivity index (χ0v) is 61.6. The fraction of sp³-hybridized carbons (Fsp3) is 0.828. The molecule has 0 spiro atoms. The summed E-state index contributed by atoms with van der Waals surface area (Å²) in [6.45, 7) is 62.3. The van der Waals surface area contributed by atoms with Crippen LogP contribution < -0.4 is 0 Å². The normalized spacial score (nSPS) is 24.8. The summed E-state index contributed by atoms with van der Waals surface area (Å²) in [5, 5.41) is 0. The Labute approximate surface area is 556 Å². The van der Waals surface area contributed by atoms with E-state index < -0.39 is 0 Å². The van der Waals surface area contributed by atoms with Crippen LogP contribution >= 0.6 is 0 Å². The van der Waals surface area contributed by atoms with Crippen LogP contribution in [0.15, 0.2) is 85.3 Å². The lowest BCUT2D eigenvalue weighted by atomic mass is 9.63. The van der Waals surface area contributed by atoms with Crippen molar-refractivity contribution in [1.29, 1.82) is 0 Å². The molecule has 5 aliphatic rings. The molecule has 510 valence electrons. The number of carbonyl (C=O) groups excluding carboxylic acids is 1. The van der Waals surface area contributed by atoms with Crippen LogP contribution in [0.5, 0.6) is 0 Å². The molecule has 0 aliphatic heterocycles. The molecule has 5 saturated carbocycles. The first kappa shape index (κ1) is 77.4. The van der Waals surface area contributed by atoms with E-state index in [2.05, 4.69) is 103 Å². The Morgan fingerprint density at radius 1 is 0.494 bits per heavy atom. The maximum Gasteiger partial charge on any atom is 0.136 e. The number of ketones is 1. The van der Waals surface area contributed by atoms with Crippen LogP contribution in [0.25, 0.3) is 0 Å². The molecule has 5 fully saturated rings. The average Bonchev–Trinajstić information content (AvgIpc) is 1.08. The highest BCUT2D eigenvalue weighted by Gasteiger charge is 2.42. The molecule has 0 aromatic heterocycles. The van der Waals surface area contributed by atoms with Crippen LogP contribution in [0, 0.1) is 106 Å². The Morgan fingerprint density at radius 2 is 1.10 bits per heavy atom. The van der Waals surface area contributed by atoms with E-state index in [1.165, 1.54) is 226 Å². The molecule has 10 unspecified atom stereocenters. The molecule has 0 aromatic rings. The van der Waals surface area contributed by atoms with Crippen molar-refractivity contribution in [2.45, 2.75) is 352 Å². The standard InChI is InChI=1S/C87H150O2/c1-20-65(10)52-66(11)37-38-69(14)68(13)30-29-33-75-40-42-77(43-41-75)56-82(51-63(6)7)70(15)53-83(59-78-44-45-79-34-25-26-35-80(79)58-78)73(18)60-87(48-27-22-28-49-87)74(19)89-86(47-36-61(2)3)72(17)55-81(50-62(4)5)71(16)54-84(57-76-31-23-21-24-32-76)85(88)46-39-67(12)64(8)9/h61,63-66,68,70,75-84,86H,4,12,14,16-60H2,1-3,5-11,13,15H3/t65?,66?,68?,70?,75?,77?,78?,79?,80?,81?,82?,83?,84-,86-/m0/s1. The van der Waals surface area contributed by atoms with Gasteiger partial charge in [-0.15, -0.1) is 6.58 Å². The lowest BCUT2D eigenvalue weighted by Crippen LogP contribution is -2.33. The monoisotopic (exact) mass is 1230 g/mol. The predicted octanol–water partition coefficient (Wildman–Crippen LogP) is 27.6. The van der Waals surface area contributed by atoms with Gasteiger partial charge in [0.25, 0.3) is 0 Å². The Balaban J connectivity index is 1.29. The maximum absolute atomic E-state index is 14.3. The van der Waals surface area contributed by atoms with Gasteiger partial charge >= 0.3 is 0 Å². The summed E-state index contributed by atoms with van der Waals surface area (Å²) in [6.07, 6.45) is 51.0. The van der Waals surface area contributed by atoms with Crippen molar-refractivity contribution < 1.29 is 9.53 Å². The smallest absolute Gasteiger partial charge is 0.136 e. The number of hydrogen-bond acceptors (Lipinski definition) is 2. The molecule has 0 N–H and O–H groups in total. The Morgan fingerprint density at radius 3 is 1.74 bits per heavy atom. The minimum absolute atomic E-state index is 0.0165. The topological polar surface area (TPSA) is 26.3 Å². The summed E-state index contributed by atoms with van der Waals surface area (Å²) >= 11 is 0. The minimum atomic E-state index is -0.107. The number of ether oxygens (including phenoxy) is 1. The first-order chi connectivity index (χ1) is 42.3. The average molecular weight is 1230 g/mol. The summed E-state index contributed by atoms with van der Waals surface area (Å²) in [4.78, 5) is 14.3. The Kier molecular flexibility index (Phi) is 34.9. The van der Waals surface area contributed by atoms with E-state index in [0.717, 1.165) is 123 Å². The third-order valence-corrected chi connectivity index (χ3v) is 25.3. The zero-order valence-electron chi connectivity index (χ0n) is 61.6. The SMILES string of the molecule is C=C(C)CC(CC(=C)[C@H](CCC(C)C)OC(=C)C1(CC(=C)C(CC2CCC3CCCCC3C2)CC(C)C(CC(C)C)CC2CCC(CCCC(C)C(=C)CCC(C)CC(C)CC)CC2)CCCCC1)C(=C)C[C@@H](CC1CCCCC1)C(=O)CCC(=C)C(C)C. The van der Waals surface area contributed by atoms with E-state index in [1.807, 2.05) is 0 Å². The van der Waals surface area contributed by atoms with Crippen molar-refractivity contribution in [3.63, 3.8) is 0 Å². The second kappa shape index (κ2) is 40.1. The van der Waals surface area contributed by atoms with E-state index in [4.69, 9.17) is 31.1 Å². The third kappa shape index (κ3) is 27.5. The van der Waals surface area contributed by atoms with Gasteiger partial charge in [-0.1, -0.05) is 272 Å². The molecule has 0 saturated heterocycles. The van der Waals surface area contributed by atoms with Gasteiger partial charge in [0.05, 0.1) is 5.76 Å². The highest BCUT2D eigenvalue weighted by molar-refractivity contribution is 5.81. The highest BCUT2D eigenvalue weighted by Crippen LogP contribution is 2.52. The van der Waals surface area contributed by atoms with E-state index in [9.17, 15) is 4.79 Å². The number of Topliss-reactive ketones (excluding diaryl/α,β-unsaturated/α-hetero) is 1. The van der Waals surface area contributed by atoms with Gasteiger partial charge in [-0.05, 0) is 236 Å². The van der Waals surface area contributed by atoms with Crippen molar-refractivity contribution in [1.82, 2.24) is 0 Å². The predicted molar refractivity (Wildman–Crippen MR) is 393 cm³/mol. The number of fused-ring (bicyclic) bond motifs is 1. The van der Waals surface area contributed by atoms with E-state index in [1.54, 1.807) is 0 Å². The second-order valence-electron chi connectivity index (χ2n) is 34.5. The molecular formula is C87H150O2. The van der Waals surface area contributed by atoms with Gasteiger partial charge in [0.2, 0.25) is 0 Å². The van der Waals surface area contributed by atoms with E-state index in [-0.39, 0.29) is 23.4 Å². The van der Waals surface area contributed by atoms with E-state index in [0.29, 0.717) is 47.7 Å². The summed E-state index contributed by atoms with van der Waals surface area (Å²) in [7, 11) is 0. The molecule has 2 nitrogen and oxygen atoms in total. The van der Waals surface area contributed by atoms with Gasteiger partial charge in [0, 0.05) is 17.8 Å². The fourth-order valence-electron chi connectivity index (χ4n) is 18.7. The minimum Gasteiger partial charge on any atom is -0.490 e. The van der Waals surface area contributed by atoms with Crippen LogP contribution in [-0.2, 0) is 9.53 Å². The maximum atomic E-state index is 14.3. The van der Waals surface area contributed by atoms with Crippen molar-refractivity contribution in [3.8, 4) is 0 Å². The highest BCUT2D eigenvalue weighted by atomic mass is 16.5. The molecule has 0 radical (unpaired) electrons. The first-order valence-electron chi connectivity index (χ1n) is 39.3. The largest absolute Gasteiger partial charge is 0.490 e. The Bertz CT molecular complexity index is 2120. The molecule has 5 aliphatic carbocycles. The van der Waals surface area contributed by atoms with Gasteiger partial charge in [0.1, 0.15) is 11.9 Å². The molecular weight excluding hydrogens is 1080 g/mol. The summed E-state index contributed by atoms with van der Waals surface area (Å²) in [5.74, 6) is 12.8. The van der Waals surface area contributed by atoms with Crippen LogP contribution in [0.3, 0.4) is 0 Å². The number of allylic oxidation sites excluding steroid dienone is 6. The van der Waals surface area contributed by atoms with Crippen LogP contribution in [0.2, 0.25) is 0 Å². The van der Waals surface area contributed by atoms with Gasteiger partial charge in [-0.2, -0.15) is 0 Å². The summed E-state index contributed by atoms with van der Waals surface area (Å²) < 4.78 is 7.55. The number of carbonyl (C=O) groups is 1. The molecule has 0 aromatic carbocycles. The van der Waals surface area contributed by atoms with Crippen molar-refractivity contribution in [2.24, 2.45) is 106 Å².